The van der Waals surface area contributed by atoms with Gasteiger partial charge in [-0.1, -0.05) is 12.1 Å². The summed E-state index contributed by atoms with van der Waals surface area (Å²) >= 11 is 0. The van der Waals surface area contributed by atoms with Gasteiger partial charge in [0, 0.05) is 11.6 Å². The predicted molar refractivity (Wildman–Crippen MR) is 79.1 cm³/mol. The predicted octanol–water partition coefficient (Wildman–Crippen LogP) is 3.15. The summed E-state index contributed by atoms with van der Waals surface area (Å²) in [6.45, 7) is 0. The third-order valence-corrected chi connectivity index (χ3v) is 3.58. The van der Waals surface area contributed by atoms with Crippen molar-refractivity contribution in [3.63, 3.8) is 0 Å². The number of aromatic amines is 1. The molecule has 2 heterocycles. The van der Waals surface area contributed by atoms with E-state index in [4.69, 9.17) is 0 Å². The van der Waals surface area contributed by atoms with Gasteiger partial charge in [-0.05, 0) is 30.3 Å². The van der Waals surface area contributed by atoms with Crippen molar-refractivity contribution in [2.75, 3.05) is 0 Å². The highest BCUT2D eigenvalue weighted by Gasteiger charge is 2.14. The normalized spacial score (nSPS) is 11.4. The van der Waals surface area contributed by atoms with Crippen LogP contribution in [-0.2, 0) is 0 Å². The van der Waals surface area contributed by atoms with Gasteiger partial charge in [0.05, 0.1) is 16.4 Å². The maximum absolute atomic E-state index is 13.9. The number of pyridine rings is 1. The summed E-state index contributed by atoms with van der Waals surface area (Å²) in [6.07, 6.45) is 1.41. The van der Waals surface area contributed by atoms with Crippen LogP contribution in [-0.4, -0.2) is 14.8 Å². The summed E-state index contributed by atoms with van der Waals surface area (Å²) in [6, 6.07) is 10.1. The van der Waals surface area contributed by atoms with Crippen LogP contribution in [0.1, 0.15) is 0 Å². The van der Waals surface area contributed by atoms with Gasteiger partial charge in [0.15, 0.2) is 0 Å². The Balaban J connectivity index is 2.13. The highest BCUT2D eigenvalue weighted by molar-refractivity contribution is 6.02. The standard InChI is InChI=1S/C16H9F2N3O/c17-9-5-6-13-10(7-9)15-11(8-19-13)16(22)21(20-15)14-4-2-1-3-12(14)18/h1-8,20H. The third-order valence-electron chi connectivity index (χ3n) is 3.58. The summed E-state index contributed by atoms with van der Waals surface area (Å²) in [5.74, 6) is -0.958. The Kier molecular flexibility index (Phi) is 2.59. The molecule has 6 heteroatoms. The van der Waals surface area contributed by atoms with Gasteiger partial charge in [0.1, 0.15) is 17.3 Å². The Morgan fingerprint density at radius 1 is 1.05 bits per heavy atom. The minimum Gasteiger partial charge on any atom is -0.289 e. The van der Waals surface area contributed by atoms with Crippen molar-refractivity contribution in [1.82, 2.24) is 14.8 Å². The first kappa shape index (κ1) is 12.7. The van der Waals surface area contributed by atoms with Crippen molar-refractivity contribution < 1.29 is 8.78 Å². The number of nitrogens with one attached hydrogen (secondary N) is 1. The van der Waals surface area contributed by atoms with Crippen LogP contribution in [0.3, 0.4) is 0 Å². The lowest BCUT2D eigenvalue weighted by Gasteiger charge is -2.02. The Morgan fingerprint density at radius 3 is 2.68 bits per heavy atom. The van der Waals surface area contributed by atoms with Crippen LogP contribution >= 0.6 is 0 Å². The molecule has 0 radical (unpaired) electrons. The minimum absolute atomic E-state index is 0.105. The monoisotopic (exact) mass is 297 g/mol. The summed E-state index contributed by atoms with van der Waals surface area (Å²) < 4.78 is 28.5. The Labute approximate surface area is 122 Å². The zero-order valence-corrected chi connectivity index (χ0v) is 11.2. The van der Waals surface area contributed by atoms with Gasteiger partial charge < -0.3 is 0 Å². The van der Waals surface area contributed by atoms with E-state index < -0.39 is 17.2 Å². The number of nitrogens with zero attached hydrogens (tertiary/aromatic N) is 2. The van der Waals surface area contributed by atoms with Crippen molar-refractivity contribution in [1.29, 1.82) is 0 Å². The van der Waals surface area contributed by atoms with Crippen molar-refractivity contribution in [2.24, 2.45) is 0 Å². The van der Waals surface area contributed by atoms with Crippen molar-refractivity contribution in [3.8, 4) is 5.69 Å². The van der Waals surface area contributed by atoms with Gasteiger partial charge in [-0.3, -0.25) is 14.9 Å². The lowest BCUT2D eigenvalue weighted by atomic mass is 10.2. The molecule has 0 amide bonds. The topological polar surface area (TPSA) is 50.7 Å². The number of halogens is 2. The van der Waals surface area contributed by atoms with E-state index in [1.54, 1.807) is 12.1 Å². The highest BCUT2D eigenvalue weighted by atomic mass is 19.1. The lowest BCUT2D eigenvalue weighted by Crippen LogP contribution is -2.15. The largest absolute Gasteiger partial charge is 0.289 e. The molecular weight excluding hydrogens is 288 g/mol. The van der Waals surface area contributed by atoms with Gasteiger partial charge in [-0.15, -0.1) is 0 Å². The van der Waals surface area contributed by atoms with E-state index in [0.717, 1.165) is 4.68 Å². The lowest BCUT2D eigenvalue weighted by molar-refractivity contribution is 0.609. The number of benzene rings is 2. The molecule has 0 aliphatic heterocycles. The van der Waals surface area contributed by atoms with Gasteiger partial charge in [-0.2, -0.15) is 0 Å². The quantitative estimate of drug-likeness (QED) is 0.587. The Bertz CT molecular complexity index is 1080. The zero-order chi connectivity index (χ0) is 15.3. The van der Waals surface area contributed by atoms with E-state index in [9.17, 15) is 13.6 Å². The first-order valence-electron chi connectivity index (χ1n) is 6.59. The number of hydrogen-bond acceptors (Lipinski definition) is 2. The van der Waals surface area contributed by atoms with Gasteiger partial charge in [0.25, 0.3) is 5.56 Å². The molecule has 4 aromatic rings. The molecule has 0 aliphatic rings. The second-order valence-corrected chi connectivity index (χ2v) is 4.91. The maximum atomic E-state index is 13.9. The van der Waals surface area contributed by atoms with E-state index in [1.807, 2.05) is 0 Å². The summed E-state index contributed by atoms with van der Waals surface area (Å²) in [7, 11) is 0. The summed E-state index contributed by atoms with van der Waals surface area (Å²) in [5, 5.41) is 3.60. The second-order valence-electron chi connectivity index (χ2n) is 4.91. The second kappa shape index (κ2) is 4.49. The molecule has 0 bridgehead atoms. The van der Waals surface area contributed by atoms with Crippen molar-refractivity contribution in [2.45, 2.75) is 0 Å². The van der Waals surface area contributed by atoms with Crippen molar-refractivity contribution >= 4 is 21.8 Å². The van der Waals surface area contributed by atoms with Crippen LogP contribution < -0.4 is 5.56 Å². The highest BCUT2D eigenvalue weighted by Crippen LogP contribution is 2.22. The molecule has 4 nitrogen and oxygen atoms in total. The summed E-state index contributed by atoms with van der Waals surface area (Å²) in [4.78, 5) is 16.6. The molecule has 0 unspecified atom stereocenters. The molecule has 0 atom stereocenters. The molecular formula is C16H9F2N3O. The molecule has 1 N–H and O–H groups in total. The minimum atomic E-state index is -0.528. The fourth-order valence-corrected chi connectivity index (χ4v) is 2.53. The number of H-pyrrole nitrogens is 1. The molecule has 2 aromatic carbocycles. The van der Waals surface area contributed by atoms with E-state index in [-0.39, 0.29) is 11.1 Å². The summed E-state index contributed by atoms with van der Waals surface area (Å²) in [5.41, 5.74) is 0.653. The SMILES string of the molecule is O=c1c2cnc3ccc(F)cc3c2[nH]n1-c1ccccc1F. The average Bonchev–Trinajstić information content (AvgIpc) is 2.85. The smallest absolute Gasteiger partial charge is 0.280 e. The number of para-hydroxylation sites is 1. The number of hydrogen-bond donors (Lipinski definition) is 1. The average molecular weight is 297 g/mol. The van der Waals surface area contributed by atoms with Gasteiger partial charge >= 0.3 is 0 Å². The van der Waals surface area contributed by atoms with Gasteiger partial charge in [0.2, 0.25) is 0 Å². The molecule has 0 spiro atoms. The van der Waals surface area contributed by atoms with Crippen LogP contribution in [0.5, 0.6) is 0 Å². The number of aromatic nitrogens is 3. The third kappa shape index (κ3) is 1.74. The Morgan fingerprint density at radius 2 is 1.86 bits per heavy atom. The fraction of sp³-hybridized carbons (Fsp3) is 0. The number of rotatable bonds is 1. The molecule has 108 valence electrons. The van der Waals surface area contributed by atoms with Gasteiger partial charge in [-0.25, -0.2) is 13.5 Å². The van der Waals surface area contributed by atoms with Crippen LogP contribution in [0.2, 0.25) is 0 Å². The molecule has 0 saturated carbocycles. The Hall–Kier alpha value is -3.02. The van der Waals surface area contributed by atoms with Crippen LogP contribution in [0.25, 0.3) is 27.5 Å². The van der Waals surface area contributed by atoms with E-state index >= 15 is 0 Å². The fourth-order valence-electron chi connectivity index (χ4n) is 2.53. The maximum Gasteiger partial charge on any atom is 0.280 e. The first-order chi connectivity index (χ1) is 10.6. The van der Waals surface area contributed by atoms with Crippen LogP contribution in [0.15, 0.2) is 53.5 Å². The first-order valence-corrected chi connectivity index (χ1v) is 6.59. The van der Waals surface area contributed by atoms with Crippen molar-refractivity contribution in [3.05, 3.63) is 70.6 Å². The molecule has 2 aromatic heterocycles. The molecule has 0 saturated heterocycles. The molecule has 0 fully saturated rings. The molecule has 0 aliphatic carbocycles. The zero-order valence-electron chi connectivity index (χ0n) is 11.2. The molecule has 22 heavy (non-hydrogen) atoms. The van der Waals surface area contributed by atoms with E-state index in [2.05, 4.69) is 10.1 Å². The molecule has 4 rings (SSSR count). The van der Waals surface area contributed by atoms with E-state index in [1.165, 1.54) is 36.5 Å². The van der Waals surface area contributed by atoms with Crippen LogP contribution in [0, 0.1) is 11.6 Å². The number of fused-ring (bicyclic) bond motifs is 3. The van der Waals surface area contributed by atoms with Crippen LogP contribution in [0.4, 0.5) is 8.78 Å². The van der Waals surface area contributed by atoms with E-state index in [0.29, 0.717) is 16.4 Å².